The Morgan fingerprint density at radius 3 is 2.38 bits per heavy atom. The second-order valence-electron chi connectivity index (χ2n) is 6.82. The van der Waals surface area contributed by atoms with Crippen LogP contribution in [0.1, 0.15) is 37.7 Å². The van der Waals surface area contributed by atoms with E-state index in [4.69, 9.17) is 17.0 Å². The molecule has 1 aromatic carbocycles. The number of rotatable bonds is 4. The first-order chi connectivity index (χ1) is 11.8. The Bertz CT molecular complexity index is 520. The quantitative estimate of drug-likeness (QED) is 0.845. The lowest BCUT2D eigenvalue weighted by Gasteiger charge is -2.41. The average molecular weight is 348 g/mol. The predicted molar refractivity (Wildman–Crippen MR) is 102 cm³/mol. The van der Waals surface area contributed by atoms with Gasteiger partial charge in [0.25, 0.3) is 0 Å². The maximum Gasteiger partial charge on any atom is 0.169 e. The second kappa shape index (κ2) is 8.67. The van der Waals surface area contributed by atoms with E-state index >= 15 is 0 Å². The van der Waals surface area contributed by atoms with Gasteiger partial charge in [-0.3, -0.25) is 4.90 Å². The molecule has 1 saturated carbocycles. The molecule has 132 valence electrons. The fraction of sp³-hybridized carbons (Fsp3) is 0.632. The van der Waals surface area contributed by atoms with Gasteiger partial charge >= 0.3 is 0 Å². The molecule has 0 aromatic heterocycles. The molecule has 0 radical (unpaired) electrons. The molecular formula is C19H29N3OS. The van der Waals surface area contributed by atoms with Crippen molar-refractivity contribution in [1.29, 1.82) is 0 Å². The molecule has 1 N–H and O–H groups in total. The first-order valence-electron chi connectivity index (χ1n) is 9.16. The summed E-state index contributed by atoms with van der Waals surface area (Å²) in [6, 6.07) is 8.96. The van der Waals surface area contributed by atoms with Crippen molar-refractivity contribution in [3.05, 3.63) is 29.8 Å². The van der Waals surface area contributed by atoms with Crippen molar-refractivity contribution in [3.8, 4) is 5.75 Å². The molecule has 1 heterocycles. The van der Waals surface area contributed by atoms with Gasteiger partial charge in [-0.2, -0.15) is 0 Å². The summed E-state index contributed by atoms with van der Waals surface area (Å²) in [5.41, 5.74) is 1.22. The minimum Gasteiger partial charge on any atom is -0.497 e. The highest BCUT2D eigenvalue weighted by atomic mass is 32.1. The Morgan fingerprint density at radius 2 is 1.75 bits per heavy atom. The first-order valence-corrected chi connectivity index (χ1v) is 9.57. The maximum absolute atomic E-state index is 5.59. The topological polar surface area (TPSA) is 27.7 Å². The van der Waals surface area contributed by atoms with Gasteiger partial charge < -0.3 is 15.0 Å². The number of methoxy groups -OCH3 is 1. The third-order valence-corrected chi connectivity index (χ3v) is 5.70. The van der Waals surface area contributed by atoms with Crippen LogP contribution in [-0.2, 0) is 6.54 Å². The van der Waals surface area contributed by atoms with Crippen molar-refractivity contribution < 1.29 is 4.74 Å². The van der Waals surface area contributed by atoms with E-state index in [9.17, 15) is 0 Å². The molecule has 1 aromatic rings. The van der Waals surface area contributed by atoms with Crippen LogP contribution in [-0.4, -0.2) is 54.2 Å². The van der Waals surface area contributed by atoms with Gasteiger partial charge in [0.15, 0.2) is 5.11 Å². The fourth-order valence-corrected chi connectivity index (χ4v) is 4.02. The van der Waals surface area contributed by atoms with Crippen molar-refractivity contribution in [2.24, 2.45) is 0 Å². The summed E-state index contributed by atoms with van der Waals surface area (Å²) < 4.78 is 5.19. The molecule has 1 aliphatic carbocycles. The highest BCUT2D eigenvalue weighted by Crippen LogP contribution is 2.23. The zero-order valence-electron chi connectivity index (χ0n) is 14.7. The largest absolute Gasteiger partial charge is 0.497 e. The molecule has 3 rings (SSSR count). The van der Waals surface area contributed by atoms with E-state index in [1.807, 2.05) is 12.1 Å². The van der Waals surface area contributed by atoms with Crippen LogP contribution in [0.3, 0.4) is 0 Å². The molecule has 2 fully saturated rings. The van der Waals surface area contributed by atoms with Crippen molar-refractivity contribution in [1.82, 2.24) is 15.1 Å². The molecule has 5 heteroatoms. The van der Waals surface area contributed by atoms with Gasteiger partial charge in [0.05, 0.1) is 7.11 Å². The minimum atomic E-state index is 0.770. The van der Waals surface area contributed by atoms with Crippen LogP contribution in [0.2, 0.25) is 0 Å². The molecule has 0 bridgehead atoms. The molecule has 0 atom stereocenters. The van der Waals surface area contributed by atoms with E-state index in [0.717, 1.165) is 49.6 Å². The van der Waals surface area contributed by atoms with Gasteiger partial charge in [0.2, 0.25) is 0 Å². The maximum atomic E-state index is 5.59. The van der Waals surface area contributed by atoms with Crippen LogP contribution in [0.15, 0.2) is 24.3 Å². The van der Waals surface area contributed by atoms with Gasteiger partial charge in [-0.25, -0.2) is 0 Å². The molecule has 1 saturated heterocycles. The van der Waals surface area contributed by atoms with Crippen LogP contribution < -0.4 is 10.1 Å². The van der Waals surface area contributed by atoms with Crippen molar-refractivity contribution in [2.45, 2.75) is 44.7 Å². The Labute approximate surface area is 151 Å². The average Bonchev–Trinajstić information content (AvgIpc) is 2.67. The Balaban J connectivity index is 1.41. The van der Waals surface area contributed by atoms with Crippen molar-refractivity contribution in [3.63, 3.8) is 0 Å². The Kier molecular flexibility index (Phi) is 6.32. The molecular weight excluding hydrogens is 318 g/mol. The van der Waals surface area contributed by atoms with Crippen LogP contribution in [0, 0.1) is 0 Å². The Morgan fingerprint density at radius 1 is 1.08 bits per heavy atom. The minimum absolute atomic E-state index is 0.770. The summed E-state index contributed by atoms with van der Waals surface area (Å²) in [6.07, 6.45) is 7.02. The molecule has 0 spiro atoms. The fourth-order valence-electron chi connectivity index (χ4n) is 3.77. The van der Waals surface area contributed by atoms with Crippen molar-refractivity contribution in [2.75, 3.05) is 33.3 Å². The van der Waals surface area contributed by atoms with Crippen LogP contribution in [0.25, 0.3) is 0 Å². The monoisotopic (exact) mass is 347 g/mol. The molecule has 0 unspecified atom stereocenters. The molecule has 2 aliphatic rings. The smallest absolute Gasteiger partial charge is 0.169 e. The zero-order chi connectivity index (χ0) is 16.8. The standard InChI is InChI=1S/C19H29N3OS/c1-23-18-9-7-16(8-10-18)15-20-19(24)22-13-11-21(12-14-22)17-5-3-2-4-6-17/h7-10,17H,2-6,11-15H2,1H3,(H,20,24). The lowest BCUT2D eigenvalue weighted by atomic mass is 9.94. The highest BCUT2D eigenvalue weighted by molar-refractivity contribution is 7.80. The summed E-state index contributed by atoms with van der Waals surface area (Å²) in [4.78, 5) is 5.00. The number of thiocarbonyl (C=S) groups is 1. The summed E-state index contributed by atoms with van der Waals surface area (Å²) in [7, 11) is 1.69. The number of nitrogens with zero attached hydrogens (tertiary/aromatic N) is 2. The van der Waals surface area contributed by atoms with Gasteiger partial charge in [-0.1, -0.05) is 31.4 Å². The highest BCUT2D eigenvalue weighted by Gasteiger charge is 2.25. The summed E-state index contributed by atoms with van der Waals surface area (Å²) in [6.45, 7) is 5.16. The van der Waals surface area contributed by atoms with Gasteiger partial charge in [-0.05, 0) is 42.8 Å². The number of piperazine rings is 1. The molecule has 1 aliphatic heterocycles. The van der Waals surface area contributed by atoms with E-state index in [2.05, 4.69) is 27.2 Å². The Hall–Kier alpha value is -1.33. The van der Waals surface area contributed by atoms with Gasteiger partial charge in [-0.15, -0.1) is 0 Å². The molecule has 4 nitrogen and oxygen atoms in total. The third-order valence-electron chi connectivity index (χ3n) is 5.30. The predicted octanol–water partition coefficient (Wildman–Crippen LogP) is 3.02. The van der Waals surface area contributed by atoms with E-state index in [1.165, 1.54) is 37.7 Å². The SMILES string of the molecule is COc1ccc(CNC(=S)N2CCN(C3CCCCC3)CC2)cc1. The van der Waals surface area contributed by atoms with Crippen LogP contribution >= 0.6 is 12.2 Å². The number of benzene rings is 1. The van der Waals surface area contributed by atoms with E-state index in [0.29, 0.717) is 0 Å². The number of nitrogens with one attached hydrogen (secondary N) is 1. The summed E-state index contributed by atoms with van der Waals surface area (Å²) in [5, 5.41) is 4.28. The lowest BCUT2D eigenvalue weighted by molar-refractivity contribution is 0.107. The zero-order valence-corrected chi connectivity index (χ0v) is 15.5. The number of ether oxygens (including phenoxy) is 1. The third kappa shape index (κ3) is 4.61. The van der Waals surface area contributed by atoms with Crippen LogP contribution in [0.4, 0.5) is 0 Å². The summed E-state index contributed by atoms with van der Waals surface area (Å²) >= 11 is 5.59. The number of hydrogen-bond acceptors (Lipinski definition) is 3. The normalized spacial score (nSPS) is 20.0. The first kappa shape index (κ1) is 17.5. The second-order valence-corrected chi connectivity index (χ2v) is 7.21. The van der Waals surface area contributed by atoms with Crippen LogP contribution in [0.5, 0.6) is 5.75 Å². The summed E-state index contributed by atoms with van der Waals surface area (Å²) in [5.74, 6) is 0.889. The van der Waals surface area contributed by atoms with E-state index < -0.39 is 0 Å². The lowest BCUT2D eigenvalue weighted by Crippen LogP contribution is -2.54. The van der Waals surface area contributed by atoms with E-state index in [-0.39, 0.29) is 0 Å². The molecule has 24 heavy (non-hydrogen) atoms. The van der Waals surface area contributed by atoms with Gasteiger partial charge in [0, 0.05) is 38.8 Å². The van der Waals surface area contributed by atoms with Crippen molar-refractivity contribution >= 4 is 17.3 Å². The molecule has 0 amide bonds. The van der Waals surface area contributed by atoms with Gasteiger partial charge in [0.1, 0.15) is 5.75 Å². The van der Waals surface area contributed by atoms with E-state index in [1.54, 1.807) is 7.11 Å². The number of hydrogen-bond donors (Lipinski definition) is 1.